The van der Waals surface area contributed by atoms with Crippen LogP contribution in [0.2, 0.25) is 0 Å². The molecule has 3 N–H and O–H groups in total. The van der Waals surface area contributed by atoms with Crippen molar-refractivity contribution >= 4 is 11.8 Å². The summed E-state index contributed by atoms with van der Waals surface area (Å²) in [7, 11) is 0. The number of nitrogens with one attached hydrogen (secondary N) is 2. The maximum atomic E-state index is 11.2. The lowest BCUT2D eigenvalue weighted by Gasteiger charge is -2.11. The van der Waals surface area contributed by atoms with E-state index in [2.05, 4.69) is 10.9 Å². The summed E-state index contributed by atoms with van der Waals surface area (Å²) in [6.07, 6.45) is -0.566. The van der Waals surface area contributed by atoms with Gasteiger partial charge in [-0.25, -0.2) is 10.2 Å². The Balaban J connectivity index is 2.20. The molecule has 5 nitrogen and oxygen atoms in total. The van der Waals surface area contributed by atoms with Crippen molar-refractivity contribution in [3.63, 3.8) is 0 Å². The Morgan fingerprint density at radius 1 is 1.44 bits per heavy atom. The van der Waals surface area contributed by atoms with Crippen LogP contribution in [-0.2, 0) is 4.74 Å². The highest BCUT2D eigenvalue weighted by Gasteiger charge is 2.05. The fraction of sp³-hybridized carbons (Fsp3) is 0.364. The van der Waals surface area contributed by atoms with Gasteiger partial charge in [-0.15, -0.1) is 0 Å². The molecule has 0 aliphatic rings. The van der Waals surface area contributed by atoms with Gasteiger partial charge in [-0.1, -0.05) is 25.1 Å². The maximum absolute atomic E-state index is 11.2. The third-order valence-corrected chi connectivity index (χ3v) is 1.89. The van der Waals surface area contributed by atoms with Crippen LogP contribution in [0.15, 0.2) is 30.3 Å². The number of hydrogen-bond donors (Lipinski definition) is 3. The van der Waals surface area contributed by atoms with Crippen molar-refractivity contribution in [2.24, 2.45) is 5.92 Å². The normalized spacial score (nSPS) is 11.6. The summed E-state index contributed by atoms with van der Waals surface area (Å²) >= 11 is 0. The minimum atomic E-state index is -0.566. The van der Waals surface area contributed by atoms with E-state index in [0.29, 0.717) is 0 Å². The topological polar surface area (TPSA) is 70.6 Å². The van der Waals surface area contributed by atoms with Crippen molar-refractivity contribution in [1.29, 1.82) is 0 Å². The van der Waals surface area contributed by atoms with Gasteiger partial charge in [-0.3, -0.25) is 5.43 Å². The number of carbonyl (C=O) groups is 1. The zero-order valence-electron chi connectivity index (χ0n) is 9.14. The van der Waals surface area contributed by atoms with Gasteiger partial charge in [-0.2, -0.15) is 0 Å². The van der Waals surface area contributed by atoms with Crippen LogP contribution >= 0.6 is 0 Å². The van der Waals surface area contributed by atoms with E-state index in [1.807, 2.05) is 30.3 Å². The lowest BCUT2D eigenvalue weighted by atomic mass is 10.2. The fourth-order valence-corrected chi connectivity index (χ4v) is 0.951. The Kier molecular flexibility index (Phi) is 5.15. The molecule has 16 heavy (non-hydrogen) atoms. The lowest BCUT2D eigenvalue weighted by Crippen LogP contribution is -2.31. The van der Waals surface area contributed by atoms with E-state index in [1.165, 1.54) is 0 Å². The van der Waals surface area contributed by atoms with Crippen LogP contribution in [0.5, 0.6) is 0 Å². The summed E-state index contributed by atoms with van der Waals surface area (Å²) in [5.41, 5.74) is 5.86. The van der Waals surface area contributed by atoms with E-state index in [0.717, 1.165) is 5.69 Å². The molecule has 1 unspecified atom stereocenters. The third-order valence-electron chi connectivity index (χ3n) is 1.89. The first kappa shape index (κ1) is 12.3. The van der Waals surface area contributed by atoms with Crippen LogP contribution in [-0.4, -0.2) is 24.4 Å². The van der Waals surface area contributed by atoms with Crippen molar-refractivity contribution < 1.29 is 14.6 Å². The second kappa shape index (κ2) is 6.68. The van der Waals surface area contributed by atoms with Crippen molar-refractivity contribution in [2.45, 2.75) is 6.92 Å². The number of aliphatic hydroxyl groups is 1. The smallest absolute Gasteiger partial charge is 0.425 e. The summed E-state index contributed by atoms with van der Waals surface area (Å²) in [5, 5.41) is 8.73. The Morgan fingerprint density at radius 3 is 2.75 bits per heavy atom. The number of hydrazine groups is 1. The third kappa shape index (κ3) is 4.65. The van der Waals surface area contributed by atoms with E-state index in [9.17, 15) is 4.79 Å². The summed E-state index contributed by atoms with van der Waals surface area (Å²) in [6, 6.07) is 9.21. The highest BCUT2D eigenvalue weighted by Crippen LogP contribution is 2.02. The largest absolute Gasteiger partial charge is 0.448 e. The first-order valence-corrected chi connectivity index (χ1v) is 5.07. The molecular formula is C11H16N2O3. The molecular weight excluding hydrogens is 208 g/mol. The highest BCUT2D eigenvalue weighted by molar-refractivity contribution is 5.69. The van der Waals surface area contributed by atoms with Crippen molar-refractivity contribution in [1.82, 2.24) is 5.43 Å². The number of rotatable bonds is 5. The molecule has 1 amide bonds. The number of anilines is 1. The van der Waals surface area contributed by atoms with Crippen molar-refractivity contribution in [3.05, 3.63) is 30.3 Å². The number of aliphatic hydroxyl groups excluding tert-OH is 1. The molecule has 0 fully saturated rings. The van der Waals surface area contributed by atoms with Gasteiger partial charge in [0.15, 0.2) is 0 Å². The van der Waals surface area contributed by atoms with Gasteiger partial charge in [0.2, 0.25) is 0 Å². The Morgan fingerprint density at radius 2 is 2.12 bits per heavy atom. The van der Waals surface area contributed by atoms with Crippen LogP contribution in [0.3, 0.4) is 0 Å². The summed E-state index contributed by atoms with van der Waals surface area (Å²) in [4.78, 5) is 11.2. The van der Waals surface area contributed by atoms with Crippen LogP contribution in [0.25, 0.3) is 0 Å². The zero-order chi connectivity index (χ0) is 11.8. The van der Waals surface area contributed by atoms with Crippen molar-refractivity contribution in [2.75, 3.05) is 18.6 Å². The molecule has 0 heterocycles. The van der Waals surface area contributed by atoms with Gasteiger partial charge < -0.3 is 9.84 Å². The average Bonchev–Trinajstić information content (AvgIpc) is 2.34. The number of amides is 1. The molecule has 0 saturated carbocycles. The second-order valence-electron chi connectivity index (χ2n) is 3.50. The van der Waals surface area contributed by atoms with Crippen LogP contribution in [0.4, 0.5) is 10.5 Å². The van der Waals surface area contributed by atoms with Gasteiger partial charge in [0.25, 0.3) is 0 Å². The number of carbonyl (C=O) groups excluding carboxylic acids is 1. The average molecular weight is 224 g/mol. The predicted molar refractivity (Wildman–Crippen MR) is 60.8 cm³/mol. The molecule has 0 aliphatic heterocycles. The van der Waals surface area contributed by atoms with E-state index in [1.54, 1.807) is 6.92 Å². The van der Waals surface area contributed by atoms with Crippen LogP contribution in [0, 0.1) is 5.92 Å². The van der Waals surface area contributed by atoms with Gasteiger partial charge >= 0.3 is 6.09 Å². The van der Waals surface area contributed by atoms with Gasteiger partial charge in [-0.05, 0) is 12.1 Å². The maximum Gasteiger partial charge on any atom is 0.425 e. The Hall–Kier alpha value is -1.75. The number of ether oxygens (including phenoxy) is 1. The Labute approximate surface area is 94.4 Å². The summed E-state index contributed by atoms with van der Waals surface area (Å²) < 4.78 is 4.84. The molecule has 0 radical (unpaired) electrons. The van der Waals surface area contributed by atoms with Crippen molar-refractivity contribution in [3.8, 4) is 0 Å². The molecule has 0 bridgehead atoms. The van der Waals surface area contributed by atoms with Gasteiger partial charge in [0, 0.05) is 12.5 Å². The minimum absolute atomic E-state index is 0.000601. The van der Waals surface area contributed by atoms with Crippen LogP contribution in [0.1, 0.15) is 6.92 Å². The van der Waals surface area contributed by atoms with E-state index >= 15 is 0 Å². The zero-order valence-corrected chi connectivity index (χ0v) is 9.14. The first-order valence-electron chi connectivity index (χ1n) is 5.07. The number of para-hydroxylation sites is 1. The SMILES string of the molecule is CC(CO)COC(=O)NNc1ccccc1. The number of benzene rings is 1. The molecule has 88 valence electrons. The molecule has 1 aromatic carbocycles. The second-order valence-corrected chi connectivity index (χ2v) is 3.50. The van der Waals surface area contributed by atoms with E-state index in [4.69, 9.17) is 9.84 Å². The summed E-state index contributed by atoms with van der Waals surface area (Å²) in [5.74, 6) is -0.0533. The Bertz CT molecular complexity index is 316. The lowest BCUT2D eigenvalue weighted by molar-refractivity contribution is 0.111. The number of hydrogen-bond acceptors (Lipinski definition) is 4. The van der Waals surface area contributed by atoms with Gasteiger partial charge in [0.05, 0.1) is 12.3 Å². The molecule has 5 heteroatoms. The molecule has 0 aromatic heterocycles. The van der Waals surface area contributed by atoms with Crippen LogP contribution < -0.4 is 10.9 Å². The van der Waals surface area contributed by atoms with E-state index < -0.39 is 6.09 Å². The minimum Gasteiger partial charge on any atom is -0.448 e. The molecule has 1 aromatic rings. The fourth-order valence-electron chi connectivity index (χ4n) is 0.951. The van der Waals surface area contributed by atoms with Gasteiger partial charge in [0.1, 0.15) is 0 Å². The predicted octanol–water partition coefficient (Wildman–Crippen LogP) is 1.37. The van der Waals surface area contributed by atoms with E-state index in [-0.39, 0.29) is 19.1 Å². The molecule has 1 atom stereocenters. The molecule has 0 spiro atoms. The summed E-state index contributed by atoms with van der Waals surface area (Å²) in [6.45, 7) is 1.98. The standard InChI is InChI=1S/C11H16N2O3/c1-9(7-14)8-16-11(15)13-12-10-5-3-2-4-6-10/h2-6,9,12,14H,7-8H2,1H3,(H,13,15). The monoisotopic (exact) mass is 224 g/mol. The molecule has 0 aliphatic carbocycles. The first-order chi connectivity index (χ1) is 7.72. The highest BCUT2D eigenvalue weighted by atomic mass is 16.6. The molecule has 1 rings (SSSR count). The quantitative estimate of drug-likeness (QED) is 0.660. The molecule has 0 saturated heterocycles.